The lowest BCUT2D eigenvalue weighted by Gasteiger charge is -2.37. The van der Waals surface area contributed by atoms with Crippen molar-refractivity contribution in [3.05, 3.63) is 54.5 Å². The van der Waals surface area contributed by atoms with Crippen LogP contribution < -0.4 is 5.32 Å². The van der Waals surface area contributed by atoms with E-state index in [1.165, 1.54) is 6.26 Å². The Morgan fingerprint density at radius 1 is 1.16 bits per heavy atom. The molecular weight excluding hydrogens is 316 g/mol. The van der Waals surface area contributed by atoms with Crippen LogP contribution in [0.25, 0.3) is 0 Å². The number of piperidine rings is 1. The molecule has 1 aromatic carbocycles. The Labute approximate surface area is 148 Å². The molecule has 5 nitrogen and oxygen atoms in total. The first-order valence-corrected chi connectivity index (χ1v) is 8.85. The number of anilines is 1. The van der Waals surface area contributed by atoms with E-state index in [1.807, 2.05) is 35.2 Å². The first-order valence-electron chi connectivity index (χ1n) is 8.85. The first-order chi connectivity index (χ1) is 12.2. The van der Waals surface area contributed by atoms with Gasteiger partial charge in [-0.3, -0.25) is 9.59 Å². The highest BCUT2D eigenvalue weighted by Gasteiger charge is 2.32. The Bertz CT molecular complexity index is 697. The SMILES string of the molecule is CCC1CN(C(=O)c2ccco2)CCC1CC(=O)Nc1ccccc1. The summed E-state index contributed by atoms with van der Waals surface area (Å²) in [6.45, 7) is 3.46. The second kappa shape index (κ2) is 8.01. The average molecular weight is 340 g/mol. The van der Waals surface area contributed by atoms with Gasteiger partial charge in [0.25, 0.3) is 5.91 Å². The fourth-order valence-corrected chi connectivity index (χ4v) is 3.52. The second-order valence-corrected chi connectivity index (χ2v) is 6.56. The summed E-state index contributed by atoms with van der Waals surface area (Å²) >= 11 is 0. The number of para-hydroxylation sites is 1. The number of carbonyl (C=O) groups is 2. The van der Waals surface area contributed by atoms with Crippen LogP contribution in [-0.2, 0) is 4.79 Å². The number of nitrogens with one attached hydrogen (secondary N) is 1. The third-order valence-electron chi connectivity index (χ3n) is 4.94. The highest BCUT2D eigenvalue weighted by Crippen LogP contribution is 2.30. The van der Waals surface area contributed by atoms with Crippen molar-refractivity contribution in [2.24, 2.45) is 11.8 Å². The maximum atomic E-state index is 12.4. The van der Waals surface area contributed by atoms with Crippen LogP contribution in [0.15, 0.2) is 53.1 Å². The average Bonchev–Trinajstić information content (AvgIpc) is 3.17. The number of benzene rings is 1. The van der Waals surface area contributed by atoms with Gasteiger partial charge in [0.05, 0.1) is 6.26 Å². The Balaban J connectivity index is 1.57. The van der Waals surface area contributed by atoms with E-state index in [1.54, 1.807) is 12.1 Å². The second-order valence-electron chi connectivity index (χ2n) is 6.56. The van der Waals surface area contributed by atoms with Crippen LogP contribution in [0.2, 0.25) is 0 Å². The quantitative estimate of drug-likeness (QED) is 0.900. The molecule has 0 bridgehead atoms. The molecule has 1 saturated heterocycles. The van der Waals surface area contributed by atoms with Crippen LogP contribution in [0.4, 0.5) is 5.69 Å². The van der Waals surface area contributed by atoms with Gasteiger partial charge in [-0.15, -0.1) is 0 Å². The minimum absolute atomic E-state index is 0.0421. The summed E-state index contributed by atoms with van der Waals surface area (Å²) in [4.78, 5) is 26.6. The number of furan rings is 1. The number of hydrogen-bond acceptors (Lipinski definition) is 3. The minimum atomic E-state index is -0.0596. The van der Waals surface area contributed by atoms with E-state index in [4.69, 9.17) is 4.42 Å². The smallest absolute Gasteiger partial charge is 0.289 e. The predicted octanol–water partition coefficient (Wildman–Crippen LogP) is 3.80. The Morgan fingerprint density at radius 3 is 2.64 bits per heavy atom. The van der Waals surface area contributed by atoms with Crippen molar-refractivity contribution >= 4 is 17.5 Å². The van der Waals surface area contributed by atoms with E-state index in [-0.39, 0.29) is 11.8 Å². The zero-order valence-electron chi connectivity index (χ0n) is 14.5. The van der Waals surface area contributed by atoms with Gasteiger partial charge in [0.15, 0.2) is 5.76 Å². The van der Waals surface area contributed by atoms with E-state index < -0.39 is 0 Å². The van der Waals surface area contributed by atoms with E-state index in [0.717, 1.165) is 18.5 Å². The summed E-state index contributed by atoms with van der Waals surface area (Å²) in [6.07, 6.45) is 3.81. The molecule has 5 heteroatoms. The third-order valence-corrected chi connectivity index (χ3v) is 4.94. The molecule has 25 heavy (non-hydrogen) atoms. The predicted molar refractivity (Wildman–Crippen MR) is 96.2 cm³/mol. The number of rotatable bonds is 5. The van der Waals surface area contributed by atoms with Crippen LogP contribution in [0.3, 0.4) is 0 Å². The van der Waals surface area contributed by atoms with Gasteiger partial charge < -0.3 is 14.6 Å². The van der Waals surface area contributed by atoms with Crippen LogP contribution in [0, 0.1) is 11.8 Å². The Kier molecular flexibility index (Phi) is 5.53. The van der Waals surface area contributed by atoms with E-state index >= 15 is 0 Å². The summed E-state index contributed by atoms with van der Waals surface area (Å²) in [7, 11) is 0. The van der Waals surface area contributed by atoms with Gasteiger partial charge in [0.2, 0.25) is 5.91 Å². The molecule has 2 atom stereocenters. The zero-order chi connectivity index (χ0) is 17.6. The molecule has 2 unspecified atom stereocenters. The van der Waals surface area contributed by atoms with Gasteiger partial charge in [-0.05, 0) is 42.5 Å². The molecular formula is C20H24N2O3. The lowest BCUT2D eigenvalue weighted by molar-refractivity contribution is -0.117. The Morgan fingerprint density at radius 2 is 1.96 bits per heavy atom. The summed E-state index contributed by atoms with van der Waals surface area (Å²) in [5.74, 6) is 0.995. The molecule has 0 spiro atoms. The monoisotopic (exact) mass is 340 g/mol. The van der Waals surface area contributed by atoms with Crippen LogP contribution in [0.1, 0.15) is 36.7 Å². The van der Waals surface area contributed by atoms with Crippen molar-refractivity contribution in [2.45, 2.75) is 26.2 Å². The van der Waals surface area contributed by atoms with Gasteiger partial charge >= 0.3 is 0 Å². The normalized spacial score (nSPS) is 20.3. The van der Waals surface area contributed by atoms with E-state index in [2.05, 4.69) is 12.2 Å². The van der Waals surface area contributed by atoms with Crippen molar-refractivity contribution < 1.29 is 14.0 Å². The van der Waals surface area contributed by atoms with Gasteiger partial charge in [0.1, 0.15) is 0 Å². The molecule has 2 amide bonds. The summed E-state index contributed by atoms with van der Waals surface area (Å²) < 4.78 is 5.22. The highest BCUT2D eigenvalue weighted by atomic mass is 16.3. The molecule has 2 aromatic rings. The van der Waals surface area contributed by atoms with Gasteiger partial charge in [-0.2, -0.15) is 0 Å². The van der Waals surface area contributed by atoms with Crippen molar-refractivity contribution in [3.8, 4) is 0 Å². The topological polar surface area (TPSA) is 62.6 Å². The summed E-state index contributed by atoms with van der Waals surface area (Å²) in [5, 5.41) is 2.96. The maximum absolute atomic E-state index is 12.4. The van der Waals surface area contributed by atoms with Crippen molar-refractivity contribution in [3.63, 3.8) is 0 Å². The van der Waals surface area contributed by atoms with Crippen molar-refractivity contribution in [1.82, 2.24) is 4.90 Å². The summed E-state index contributed by atoms with van der Waals surface area (Å²) in [5.41, 5.74) is 0.825. The lowest BCUT2D eigenvalue weighted by Crippen LogP contribution is -2.44. The zero-order valence-corrected chi connectivity index (χ0v) is 14.5. The van der Waals surface area contributed by atoms with Gasteiger partial charge in [-0.25, -0.2) is 0 Å². The molecule has 1 N–H and O–H groups in total. The standard InChI is InChI=1S/C20H24N2O3/c1-2-15-14-22(20(24)18-9-6-12-25-18)11-10-16(15)13-19(23)21-17-7-4-3-5-8-17/h3-9,12,15-16H,2,10-11,13-14H2,1H3,(H,21,23). The summed E-state index contributed by atoms with van der Waals surface area (Å²) in [6, 6.07) is 12.9. The maximum Gasteiger partial charge on any atom is 0.289 e. The molecule has 0 radical (unpaired) electrons. The highest BCUT2D eigenvalue weighted by molar-refractivity contribution is 5.92. The molecule has 1 aliphatic heterocycles. The number of hydrogen-bond donors (Lipinski definition) is 1. The van der Waals surface area contributed by atoms with Gasteiger partial charge in [0, 0.05) is 25.2 Å². The molecule has 2 heterocycles. The fraction of sp³-hybridized carbons (Fsp3) is 0.400. The third kappa shape index (κ3) is 4.29. The van der Waals surface area contributed by atoms with Gasteiger partial charge in [-0.1, -0.05) is 31.5 Å². The number of nitrogens with zero attached hydrogens (tertiary/aromatic N) is 1. The van der Waals surface area contributed by atoms with Crippen LogP contribution in [0.5, 0.6) is 0 Å². The van der Waals surface area contributed by atoms with E-state index in [0.29, 0.717) is 37.1 Å². The van der Waals surface area contributed by atoms with Crippen molar-refractivity contribution in [2.75, 3.05) is 18.4 Å². The molecule has 132 valence electrons. The van der Waals surface area contributed by atoms with Crippen molar-refractivity contribution in [1.29, 1.82) is 0 Å². The molecule has 1 aromatic heterocycles. The van der Waals surface area contributed by atoms with E-state index in [9.17, 15) is 9.59 Å². The number of amides is 2. The minimum Gasteiger partial charge on any atom is -0.459 e. The first kappa shape index (κ1) is 17.3. The largest absolute Gasteiger partial charge is 0.459 e. The molecule has 0 saturated carbocycles. The number of carbonyl (C=O) groups excluding carboxylic acids is 2. The molecule has 3 rings (SSSR count). The van der Waals surface area contributed by atoms with Crippen LogP contribution >= 0.6 is 0 Å². The molecule has 1 fully saturated rings. The van der Waals surface area contributed by atoms with Crippen LogP contribution in [-0.4, -0.2) is 29.8 Å². The molecule has 0 aliphatic carbocycles. The fourth-order valence-electron chi connectivity index (χ4n) is 3.52. The lowest BCUT2D eigenvalue weighted by atomic mass is 9.81. The molecule has 1 aliphatic rings. The Hall–Kier alpha value is -2.56. The number of likely N-dealkylation sites (tertiary alicyclic amines) is 1.